The number of benzene rings is 1. The fraction of sp³-hybridized carbons (Fsp3) is 0.455. The van der Waals surface area contributed by atoms with Crippen molar-refractivity contribution in [3.8, 4) is 0 Å². The van der Waals surface area contributed by atoms with Gasteiger partial charge in [-0.15, -0.1) is 16.4 Å². The lowest BCUT2D eigenvalue weighted by Crippen LogP contribution is -2.29. The summed E-state index contributed by atoms with van der Waals surface area (Å²) in [6, 6.07) is 7.36. The molecule has 0 aliphatic heterocycles. The molecule has 1 aliphatic carbocycles. The van der Waals surface area contributed by atoms with E-state index in [0.29, 0.717) is 21.7 Å². The second-order valence-electron chi connectivity index (χ2n) is 8.83. The van der Waals surface area contributed by atoms with Crippen LogP contribution in [0.1, 0.15) is 53.6 Å². The van der Waals surface area contributed by atoms with E-state index < -0.39 is 0 Å². The van der Waals surface area contributed by atoms with Gasteiger partial charge in [-0.25, -0.2) is 4.68 Å². The van der Waals surface area contributed by atoms with Crippen molar-refractivity contribution in [3.05, 3.63) is 56.2 Å². The minimum atomic E-state index is -0.197. The molecule has 5 nitrogen and oxygen atoms in total. The molecule has 0 bridgehead atoms. The smallest absolute Gasteiger partial charge is 0.279 e. The Kier molecular flexibility index (Phi) is 4.70. The molecule has 3 aromatic rings. The summed E-state index contributed by atoms with van der Waals surface area (Å²) in [5.41, 5.74) is 2.85. The second kappa shape index (κ2) is 6.92. The highest BCUT2D eigenvalue weighted by Gasteiger charge is 2.32. The van der Waals surface area contributed by atoms with Crippen LogP contribution in [0.5, 0.6) is 0 Å². The van der Waals surface area contributed by atoms with Crippen molar-refractivity contribution in [1.29, 1.82) is 0 Å². The van der Waals surface area contributed by atoms with Gasteiger partial charge in [0.2, 0.25) is 0 Å². The molecule has 28 heavy (non-hydrogen) atoms. The molecule has 146 valence electrons. The van der Waals surface area contributed by atoms with Crippen LogP contribution >= 0.6 is 11.3 Å². The standard InChI is InChI=1S/C22H25N3O2S/c1-13-5-7-14(8-6-13)17(26)12-25-21(27)19-16-10-9-15(22(2,3)4)11-18(16)28-20(19)23-24-25/h5-8,15H,9-12H2,1-4H3. The third-order valence-corrected chi connectivity index (χ3v) is 6.97. The molecule has 0 saturated carbocycles. The van der Waals surface area contributed by atoms with Gasteiger partial charge in [0.25, 0.3) is 5.56 Å². The topological polar surface area (TPSA) is 64.8 Å². The molecule has 2 heterocycles. The van der Waals surface area contributed by atoms with Crippen LogP contribution in [-0.4, -0.2) is 20.8 Å². The first-order chi connectivity index (χ1) is 13.2. The summed E-state index contributed by atoms with van der Waals surface area (Å²) in [5, 5.41) is 8.98. The Bertz CT molecular complexity index is 1100. The first kappa shape index (κ1) is 19.0. The number of hydrogen-bond donors (Lipinski definition) is 0. The first-order valence-corrected chi connectivity index (χ1v) is 10.5. The Morgan fingerprint density at radius 1 is 1.25 bits per heavy atom. The third-order valence-electron chi connectivity index (χ3n) is 5.83. The molecule has 0 fully saturated rings. The number of carbonyl (C=O) groups is 1. The number of hydrogen-bond acceptors (Lipinski definition) is 5. The molecule has 0 amide bonds. The summed E-state index contributed by atoms with van der Waals surface area (Å²) in [6.07, 6.45) is 2.96. The zero-order valence-corrected chi connectivity index (χ0v) is 17.6. The molecule has 4 rings (SSSR count). The Morgan fingerprint density at radius 3 is 2.64 bits per heavy atom. The lowest BCUT2D eigenvalue weighted by atomic mass is 9.72. The van der Waals surface area contributed by atoms with Crippen molar-refractivity contribution in [2.45, 2.75) is 53.5 Å². The summed E-state index contributed by atoms with van der Waals surface area (Å²) in [4.78, 5) is 27.6. The molecule has 2 aromatic heterocycles. The number of ketones is 1. The predicted molar refractivity (Wildman–Crippen MR) is 112 cm³/mol. The van der Waals surface area contributed by atoms with Crippen molar-refractivity contribution in [1.82, 2.24) is 15.0 Å². The van der Waals surface area contributed by atoms with E-state index in [9.17, 15) is 9.59 Å². The number of nitrogens with zero attached hydrogens (tertiary/aromatic N) is 3. The number of aryl methyl sites for hydroxylation is 2. The van der Waals surface area contributed by atoms with Gasteiger partial charge in [-0.2, -0.15) is 0 Å². The number of carbonyl (C=O) groups excluding carboxylic acids is 1. The van der Waals surface area contributed by atoms with Gasteiger partial charge < -0.3 is 0 Å². The molecule has 0 radical (unpaired) electrons. The largest absolute Gasteiger partial charge is 0.292 e. The van der Waals surface area contributed by atoms with E-state index in [4.69, 9.17) is 0 Å². The van der Waals surface area contributed by atoms with Crippen LogP contribution in [0.3, 0.4) is 0 Å². The summed E-state index contributed by atoms with van der Waals surface area (Å²) >= 11 is 1.59. The molecule has 1 unspecified atom stereocenters. The van der Waals surface area contributed by atoms with Crippen molar-refractivity contribution in [3.63, 3.8) is 0 Å². The zero-order chi connectivity index (χ0) is 20.1. The number of aromatic nitrogens is 3. The van der Waals surface area contributed by atoms with E-state index in [1.807, 2.05) is 19.1 Å². The SMILES string of the molecule is Cc1ccc(C(=O)Cn2nnc3sc4c(c3c2=O)CCC(C(C)(C)C)C4)cc1. The van der Waals surface area contributed by atoms with Gasteiger partial charge in [0.1, 0.15) is 6.54 Å². The Hall–Kier alpha value is -2.34. The Labute approximate surface area is 168 Å². The maximum atomic E-state index is 13.1. The second-order valence-corrected chi connectivity index (χ2v) is 9.91. The van der Waals surface area contributed by atoms with Gasteiger partial charge in [0.15, 0.2) is 10.6 Å². The first-order valence-electron chi connectivity index (χ1n) is 9.72. The van der Waals surface area contributed by atoms with Gasteiger partial charge >= 0.3 is 0 Å². The van der Waals surface area contributed by atoms with Gasteiger partial charge in [0.05, 0.1) is 5.39 Å². The highest BCUT2D eigenvalue weighted by molar-refractivity contribution is 7.18. The average Bonchev–Trinajstić information content (AvgIpc) is 3.02. The van der Waals surface area contributed by atoms with E-state index in [-0.39, 0.29) is 23.3 Å². The number of thiophene rings is 1. The molecule has 0 saturated heterocycles. The molecular weight excluding hydrogens is 370 g/mol. The molecule has 1 aromatic carbocycles. The van der Waals surface area contributed by atoms with E-state index >= 15 is 0 Å². The molecule has 6 heteroatoms. The van der Waals surface area contributed by atoms with E-state index in [2.05, 4.69) is 31.1 Å². The van der Waals surface area contributed by atoms with E-state index in [1.165, 1.54) is 9.56 Å². The van der Waals surface area contributed by atoms with Gasteiger partial charge in [0, 0.05) is 10.4 Å². The lowest BCUT2D eigenvalue weighted by molar-refractivity contribution is 0.0964. The van der Waals surface area contributed by atoms with Crippen LogP contribution in [0.25, 0.3) is 10.2 Å². The van der Waals surface area contributed by atoms with Crippen LogP contribution in [0.15, 0.2) is 29.1 Å². The van der Waals surface area contributed by atoms with Crippen LogP contribution in [-0.2, 0) is 19.4 Å². The van der Waals surface area contributed by atoms with Gasteiger partial charge in [-0.1, -0.05) is 55.8 Å². The highest BCUT2D eigenvalue weighted by atomic mass is 32.1. The average molecular weight is 396 g/mol. The summed E-state index contributed by atoms with van der Waals surface area (Å²) in [5.74, 6) is 0.471. The molecule has 1 aliphatic rings. The zero-order valence-electron chi connectivity index (χ0n) is 16.8. The lowest BCUT2D eigenvalue weighted by Gasteiger charge is -2.33. The highest BCUT2D eigenvalue weighted by Crippen LogP contribution is 2.41. The maximum absolute atomic E-state index is 13.1. The predicted octanol–water partition coefficient (Wildman–Crippen LogP) is 4.20. The number of fused-ring (bicyclic) bond motifs is 3. The fourth-order valence-corrected chi connectivity index (χ4v) is 5.17. The monoisotopic (exact) mass is 395 g/mol. The van der Waals surface area contributed by atoms with Crippen molar-refractivity contribution >= 4 is 27.3 Å². The molecule has 1 atom stereocenters. The van der Waals surface area contributed by atoms with Crippen molar-refractivity contribution in [2.24, 2.45) is 11.3 Å². The van der Waals surface area contributed by atoms with Crippen LogP contribution < -0.4 is 5.56 Å². The van der Waals surface area contributed by atoms with Crippen LogP contribution in [0, 0.1) is 18.3 Å². The summed E-state index contributed by atoms with van der Waals surface area (Å²) < 4.78 is 1.22. The minimum absolute atomic E-state index is 0.0833. The molecule has 0 spiro atoms. The summed E-state index contributed by atoms with van der Waals surface area (Å²) in [6.45, 7) is 8.72. The van der Waals surface area contributed by atoms with Gasteiger partial charge in [-0.05, 0) is 43.1 Å². The van der Waals surface area contributed by atoms with Gasteiger partial charge in [-0.3, -0.25) is 9.59 Å². The van der Waals surface area contributed by atoms with Crippen LogP contribution in [0.2, 0.25) is 0 Å². The van der Waals surface area contributed by atoms with E-state index in [0.717, 1.165) is 30.4 Å². The quantitative estimate of drug-likeness (QED) is 0.624. The van der Waals surface area contributed by atoms with Crippen molar-refractivity contribution in [2.75, 3.05) is 0 Å². The maximum Gasteiger partial charge on any atom is 0.279 e. The molecular formula is C22H25N3O2S. The Balaban J connectivity index is 1.67. The number of Topliss-reactive ketones (excluding diaryl/α,β-unsaturated/α-hetero) is 1. The minimum Gasteiger partial charge on any atom is -0.292 e. The molecule has 0 N–H and O–H groups in total. The fourth-order valence-electron chi connectivity index (χ4n) is 3.94. The normalized spacial score (nSPS) is 16.9. The van der Waals surface area contributed by atoms with Crippen molar-refractivity contribution < 1.29 is 4.79 Å². The third kappa shape index (κ3) is 3.41. The van der Waals surface area contributed by atoms with E-state index in [1.54, 1.807) is 23.5 Å². The summed E-state index contributed by atoms with van der Waals surface area (Å²) in [7, 11) is 0. The Morgan fingerprint density at radius 2 is 1.96 bits per heavy atom. The van der Waals surface area contributed by atoms with Crippen LogP contribution in [0.4, 0.5) is 0 Å². The number of rotatable bonds is 3.